The van der Waals surface area contributed by atoms with Gasteiger partial charge in [0.15, 0.2) is 0 Å². The molecule has 9 heteroatoms. The third-order valence-corrected chi connectivity index (χ3v) is 5.21. The quantitative estimate of drug-likeness (QED) is 0.578. The van der Waals surface area contributed by atoms with Gasteiger partial charge in [0, 0.05) is 22.5 Å². The van der Waals surface area contributed by atoms with Crippen molar-refractivity contribution in [3.63, 3.8) is 0 Å². The molecule has 1 aliphatic rings. The second-order valence-electron chi connectivity index (χ2n) is 6.35. The Kier molecular flexibility index (Phi) is 5.79. The maximum absolute atomic E-state index is 12.2. The fourth-order valence-corrected chi connectivity index (χ4v) is 3.78. The maximum atomic E-state index is 12.2. The lowest BCUT2D eigenvalue weighted by Crippen LogP contribution is -2.29. The van der Waals surface area contributed by atoms with E-state index in [0.717, 1.165) is 0 Å². The topological polar surface area (TPSA) is 114 Å². The Hall–Kier alpha value is -3.46. The molecule has 0 atom stereocenters. The molecule has 1 amide bonds. The standard InChI is InChI=1S/C20H19N3O5S/c1-13-18(14(2)23-29(26,27)22-13)12-19(24)28-17-10-8-16(9-11-17)21-20(25)15-6-4-3-5-7-15/h3-11,22H,12H2,1-2H3,(H,21,25). The van der Waals surface area contributed by atoms with Gasteiger partial charge in [0.25, 0.3) is 5.91 Å². The van der Waals surface area contributed by atoms with Crippen LogP contribution in [0.25, 0.3) is 0 Å². The summed E-state index contributed by atoms with van der Waals surface area (Å²) in [6.45, 7) is 3.08. The monoisotopic (exact) mass is 413 g/mol. The van der Waals surface area contributed by atoms with Crippen molar-refractivity contribution < 1.29 is 22.7 Å². The molecular formula is C20H19N3O5S. The van der Waals surface area contributed by atoms with Crippen molar-refractivity contribution in [2.75, 3.05) is 5.32 Å². The van der Waals surface area contributed by atoms with Crippen LogP contribution in [0, 0.1) is 0 Å². The molecule has 0 aromatic heterocycles. The van der Waals surface area contributed by atoms with E-state index in [-0.39, 0.29) is 18.0 Å². The van der Waals surface area contributed by atoms with Crippen molar-refractivity contribution in [1.82, 2.24) is 4.72 Å². The zero-order valence-corrected chi connectivity index (χ0v) is 16.6. The maximum Gasteiger partial charge on any atom is 0.342 e. The number of benzene rings is 2. The van der Waals surface area contributed by atoms with E-state index in [1.54, 1.807) is 55.5 Å². The molecule has 1 aliphatic heterocycles. The molecule has 150 valence electrons. The predicted octanol–water partition coefficient (Wildman–Crippen LogP) is 2.82. The number of ether oxygens (including phenoxy) is 1. The summed E-state index contributed by atoms with van der Waals surface area (Å²) in [5.41, 5.74) is 2.15. The van der Waals surface area contributed by atoms with Crippen molar-refractivity contribution in [3.05, 3.63) is 71.4 Å². The van der Waals surface area contributed by atoms with Crippen LogP contribution in [-0.2, 0) is 15.0 Å². The number of carbonyl (C=O) groups excluding carboxylic acids is 2. The van der Waals surface area contributed by atoms with E-state index in [4.69, 9.17) is 4.74 Å². The summed E-state index contributed by atoms with van der Waals surface area (Å²) < 4.78 is 34.1. The molecule has 0 fully saturated rings. The summed E-state index contributed by atoms with van der Waals surface area (Å²) in [7, 11) is -3.75. The zero-order valence-electron chi connectivity index (χ0n) is 15.8. The van der Waals surface area contributed by atoms with Gasteiger partial charge in [-0.1, -0.05) is 18.2 Å². The van der Waals surface area contributed by atoms with Gasteiger partial charge in [-0.15, -0.1) is 4.40 Å². The van der Waals surface area contributed by atoms with Crippen LogP contribution in [0.5, 0.6) is 5.75 Å². The highest BCUT2D eigenvalue weighted by Gasteiger charge is 2.22. The molecule has 0 bridgehead atoms. The average molecular weight is 413 g/mol. The highest BCUT2D eigenvalue weighted by Crippen LogP contribution is 2.20. The minimum absolute atomic E-state index is 0.129. The van der Waals surface area contributed by atoms with Gasteiger partial charge in [-0.25, -0.2) is 0 Å². The Morgan fingerprint density at radius 2 is 1.69 bits per heavy atom. The van der Waals surface area contributed by atoms with E-state index in [1.165, 1.54) is 6.92 Å². The number of nitrogens with zero attached hydrogens (tertiary/aromatic N) is 1. The fraction of sp³-hybridized carbons (Fsp3) is 0.150. The predicted molar refractivity (Wildman–Crippen MR) is 109 cm³/mol. The first kappa shape index (κ1) is 20.3. The lowest BCUT2D eigenvalue weighted by molar-refractivity contribution is -0.133. The summed E-state index contributed by atoms with van der Waals surface area (Å²) in [6.07, 6.45) is -0.129. The first-order valence-electron chi connectivity index (χ1n) is 8.70. The Balaban J connectivity index is 1.61. The van der Waals surface area contributed by atoms with Gasteiger partial charge in [0.2, 0.25) is 0 Å². The van der Waals surface area contributed by atoms with Crippen LogP contribution >= 0.6 is 0 Å². The highest BCUT2D eigenvalue weighted by atomic mass is 32.2. The molecule has 1 heterocycles. The Morgan fingerprint density at radius 1 is 1.03 bits per heavy atom. The van der Waals surface area contributed by atoms with Crippen LogP contribution < -0.4 is 14.8 Å². The summed E-state index contributed by atoms with van der Waals surface area (Å²) >= 11 is 0. The number of allylic oxidation sites excluding steroid dienone is 1. The Bertz CT molecular complexity index is 1100. The van der Waals surface area contributed by atoms with Gasteiger partial charge in [-0.2, -0.15) is 8.42 Å². The van der Waals surface area contributed by atoms with Crippen molar-refractivity contribution in [3.8, 4) is 5.75 Å². The lowest BCUT2D eigenvalue weighted by atomic mass is 10.1. The van der Waals surface area contributed by atoms with Crippen molar-refractivity contribution >= 4 is 33.5 Å². The van der Waals surface area contributed by atoms with Gasteiger partial charge >= 0.3 is 16.2 Å². The Labute approximate surface area is 168 Å². The third-order valence-electron chi connectivity index (χ3n) is 4.13. The van der Waals surface area contributed by atoms with Crippen molar-refractivity contribution in [2.45, 2.75) is 20.3 Å². The molecule has 0 aliphatic carbocycles. The number of hydrogen-bond acceptors (Lipinski definition) is 5. The second-order valence-corrected chi connectivity index (χ2v) is 7.69. The largest absolute Gasteiger partial charge is 0.426 e. The van der Waals surface area contributed by atoms with Gasteiger partial charge in [-0.05, 0) is 50.2 Å². The summed E-state index contributed by atoms with van der Waals surface area (Å²) in [5, 5.41) is 2.76. The highest BCUT2D eigenvalue weighted by molar-refractivity contribution is 7.88. The zero-order chi connectivity index (χ0) is 21.0. The van der Waals surface area contributed by atoms with E-state index in [0.29, 0.717) is 28.3 Å². The van der Waals surface area contributed by atoms with Gasteiger partial charge in [-0.3, -0.25) is 14.3 Å². The number of rotatable bonds is 5. The minimum atomic E-state index is -3.75. The molecule has 0 saturated heterocycles. The van der Waals surface area contributed by atoms with Crippen LogP contribution in [0.3, 0.4) is 0 Å². The SMILES string of the molecule is CC1=NS(=O)(=O)NC(C)=C1CC(=O)Oc1ccc(NC(=O)c2ccccc2)cc1. The molecule has 2 N–H and O–H groups in total. The van der Waals surface area contributed by atoms with Crippen molar-refractivity contribution in [1.29, 1.82) is 0 Å². The van der Waals surface area contributed by atoms with Gasteiger partial charge in [0.05, 0.1) is 12.1 Å². The minimum Gasteiger partial charge on any atom is -0.426 e. The molecule has 2 aromatic rings. The van der Waals surface area contributed by atoms with Crippen LogP contribution in [0.2, 0.25) is 0 Å². The lowest BCUT2D eigenvalue weighted by Gasteiger charge is -2.17. The molecule has 0 saturated carbocycles. The number of nitrogens with one attached hydrogen (secondary N) is 2. The average Bonchev–Trinajstić information content (AvgIpc) is 2.66. The third kappa shape index (κ3) is 5.29. The van der Waals surface area contributed by atoms with Crippen LogP contribution in [0.15, 0.2) is 70.3 Å². The Morgan fingerprint density at radius 3 is 2.31 bits per heavy atom. The summed E-state index contributed by atoms with van der Waals surface area (Å²) in [6, 6.07) is 15.2. The molecule has 2 aromatic carbocycles. The van der Waals surface area contributed by atoms with E-state index in [9.17, 15) is 18.0 Å². The molecule has 0 unspecified atom stereocenters. The van der Waals surface area contributed by atoms with Gasteiger partial charge in [0.1, 0.15) is 5.75 Å². The van der Waals surface area contributed by atoms with Crippen LogP contribution in [0.1, 0.15) is 30.6 Å². The van der Waals surface area contributed by atoms with Crippen molar-refractivity contribution in [2.24, 2.45) is 4.40 Å². The molecule has 29 heavy (non-hydrogen) atoms. The number of esters is 1. The summed E-state index contributed by atoms with van der Waals surface area (Å²) in [5.74, 6) is -0.500. The molecule has 0 radical (unpaired) electrons. The van der Waals surface area contributed by atoms with Crippen LogP contribution in [-0.4, -0.2) is 26.0 Å². The molecule has 8 nitrogen and oxygen atoms in total. The number of anilines is 1. The normalized spacial score (nSPS) is 15.2. The first-order chi connectivity index (χ1) is 13.7. The fourth-order valence-electron chi connectivity index (χ4n) is 2.76. The number of amides is 1. The van der Waals surface area contributed by atoms with E-state index < -0.39 is 16.2 Å². The van der Waals surface area contributed by atoms with E-state index in [1.807, 2.05) is 6.07 Å². The number of hydrogen-bond donors (Lipinski definition) is 2. The second kappa shape index (κ2) is 8.27. The number of carbonyl (C=O) groups is 2. The first-order valence-corrected chi connectivity index (χ1v) is 10.1. The summed E-state index contributed by atoms with van der Waals surface area (Å²) in [4.78, 5) is 24.4. The molecule has 0 spiro atoms. The van der Waals surface area contributed by atoms with E-state index in [2.05, 4.69) is 14.4 Å². The van der Waals surface area contributed by atoms with Gasteiger partial charge < -0.3 is 10.1 Å². The molecule has 3 rings (SSSR count). The molecular weight excluding hydrogens is 394 g/mol. The smallest absolute Gasteiger partial charge is 0.342 e. The van der Waals surface area contributed by atoms with E-state index >= 15 is 0 Å². The van der Waals surface area contributed by atoms with Crippen LogP contribution in [0.4, 0.5) is 5.69 Å².